The summed E-state index contributed by atoms with van der Waals surface area (Å²) in [6.07, 6.45) is 3.54. The van der Waals surface area contributed by atoms with Gasteiger partial charge in [0.2, 0.25) is 0 Å². The molecule has 0 unspecified atom stereocenters. The summed E-state index contributed by atoms with van der Waals surface area (Å²) in [4.78, 5) is 0. The van der Waals surface area contributed by atoms with Gasteiger partial charge in [-0.25, -0.2) is 0 Å². The number of hydrogen-bond donors (Lipinski definition) is 0. The van der Waals surface area contributed by atoms with Gasteiger partial charge in [0, 0.05) is 0 Å². The summed E-state index contributed by atoms with van der Waals surface area (Å²) in [6, 6.07) is 14.1. The van der Waals surface area contributed by atoms with Crippen molar-refractivity contribution in [1.82, 2.24) is 0 Å². The Balaban J connectivity index is 0.00000261. The second-order valence-electron chi connectivity index (χ2n) is 8.19. The molecule has 0 radical (unpaired) electrons. The Morgan fingerprint density at radius 2 is 1.07 bits per heavy atom. The zero-order valence-electron chi connectivity index (χ0n) is 18.0. The van der Waals surface area contributed by atoms with Crippen molar-refractivity contribution < 1.29 is 57.7 Å². The smallest absolute Gasteiger partial charge is 1.00 e. The maximum atomic E-state index is 2.45. The van der Waals surface area contributed by atoms with Gasteiger partial charge in [0.15, 0.2) is 0 Å². The number of halogens is 3. The fourth-order valence-corrected chi connectivity index (χ4v) is 4.98. The van der Waals surface area contributed by atoms with E-state index >= 15 is 0 Å². The molecule has 0 bridgehead atoms. The van der Waals surface area contributed by atoms with Crippen LogP contribution in [0.1, 0.15) is 59.6 Å². The fourth-order valence-electron chi connectivity index (χ4n) is 4.37. The first-order valence-corrected chi connectivity index (χ1v) is 10.4. The molecular formula is C25H29Cl3Ti. The summed E-state index contributed by atoms with van der Waals surface area (Å²) in [5, 5.41) is 0. The SMILES string of the molecule is Cc1cc(C)cc(C(C2=[C]([Ti+3])CC=C2C(C)C)c2cc(C)cc(C)c2)c1.[Cl-].[Cl-].[Cl-]. The van der Waals surface area contributed by atoms with Gasteiger partial charge in [-0.15, -0.1) is 0 Å². The van der Waals surface area contributed by atoms with E-state index < -0.39 is 0 Å². The molecule has 154 valence electrons. The van der Waals surface area contributed by atoms with E-state index in [1.54, 1.807) is 5.57 Å². The van der Waals surface area contributed by atoms with Gasteiger partial charge in [0.1, 0.15) is 0 Å². The van der Waals surface area contributed by atoms with Gasteiger partial charge in [-0.2, -0.15) is 0 Å². The van der Waals surface area contributed by atoms with Gasteiger partial charge in [-0.05, 0) is 0 Å². The van der Waals surface area contributed by atoms with Crippen molar-refractivity contribution in [2.45, 2.75) is 53.9 Å². The van der Waals surface area contributed by atoms with Crippen molar-refractivity contribution >= 4 is 0 Å². The minimum absolute atomic E-state index is 0. The number of hydrogen-bond acceptors (Lipinski definition) is 0. The van der Waals surface area contributed by atoms with Crippen molar-refractivity contribution in [3.05, 3.63) is 90.9 Å². The Morgan fingerprint density at radius 3 is 1.41 bits per heavy atom. The first-order chi connectivity index (χ1) is 12.3. The molecule has 0 aliphatic heterocycles. The molecule has 29 heavy (non-hydrogen) atoms. The fraction of sp³-hybridized carbons (Fsp3) is 0.360. The van der Waals surface area contributed by atoms with E-state index in [0.29, 0.717) is 11.8 Å². The Hall–Kier alpha value is -0.496. The molecule has 0 N–H and O–H groups in total. The average molecular weight is 484 g/mol. The largest absolute Gasteiger partial charge is 1.00 e. The van der Waals surface area contributed by atoms with E-state index in [0.717, 1.165) is 6.42 Å². The van der Waals surface area contributed by atoms with Gasteiger partial charge in [-0.1, -0.05) is 0 Å². The third kappa shape index (κ3) is 6.49. The summed E-state index contributed by atoms with van der Waals surface area (Å²) in [7, 11) is 0. The number of allylic oxidation sites excluding steroid dienone is 4. The van der Waals surface area contributed by atoms with Crippen LogP contribution in [0, 0.1) is 33.6 Å². The molecule has 0 atom stereocenters. The predicted molar refractivity (Wildman–Crippen MR) is 108 cm³/mol. The maximum absolute atomic E-state index is 2.45. The molecule has 3 rings (SSSR count). The van der Waals surface area contributed by atoms with E-state index in [4.69, 9.17) is 0 Å². The molecule has 0 nitrogen and oxygen atoms in total. The molecule has 1 aliphatic rings. The summed E-state index contributed by atoms with van der Waals surface area (Å²) in [5.74, 6) is 0.880. The number of benzene rings is 2. The Labute approximate surface area is 207 Å². The van der Waals surface area contributed by atoms with E-state index in [2.05, 4.69) is 104 Å². The molecular weight excluding hydrogens is 455 g/mol. The van der Waals surface area contributed by atoms with E-state index in [-0.39, 0.29) is 37.2 Å². The van der Waals surface area contributed by atoms with Crippen molar-refractivity contribution in [3.63, 3.8) is 0 Å². The van der Waals surface area contributed by atoms with Crippen LogP contribution in [0.25, 0.3) is 0 Å². The van der Waals surface area contributed by atoms with Gasteiger partial charge >= 0.3 is 171 Å². The van der Waals surface area contributed by atoms with Crippen LogP contribution in [0.4, 0.5) is 0 Å². The number of rotatable bonds is 4. The van der Waals surface area contributed by atoms with Crippen LogP contribution in [0.5, 0.6) is 0 Å². The molecule has 0 aromatic heterocycles. The summed E-state index contributed by atoms with van der Waals surface area (Å²) in [5.41, 5.74) is 11.3. The second-order valence-corrected chi connectivity index (χ2v) is 9.13. The third-order valence-electron chi connectivity index (χ3n) is 5.23. The molecule has 1 aliphatic carbocycles. The average Bonchev–Trinajstić information content (AvgIpc) is 2.88. The monoisotopic (exact) mass is 482 g/mol. The van der Waals surface area contributed by atoms with Gasteiger partial charge in [0.25, 0.3) is 0 Å². The van der Waals surface area contributed by atoms with Crippen LogP contribution >= 0.6 is 0 Å². The van der Waals surface area contributed by atoms with Crippen LogP contribution in [-0.4, -0.2) is 0 Å². The van der Waals surface area contributed by atoms with Gasteiger partial charge in [-0.3, -0.25) is 0 Å². The van der Waals surface area contributed by atoms with Crippen molar-refractivity contribution in [2.24, 2.45) is 5.92 Å². The standard InChI is InChI=1S/C25H29.3ClH.Ti/c1-16(2)23-8-7-9-24(23)25(21-12-17(3)10-18(4)13-21)22-14-19(5)11-20(6)15-22;;;;/h8,10-16,25H,7H2,1-6H3;3*1H;/q;;;;+3/p-3. The zero-order valence-corrected chi connectivity index (χ0v) is 21.9. The molecule has 0 heterocycles. The first kappa shape index (κ1) is 28.5. The molecule has 2 aromatic rings. The quantitative estimate of drug-likeness (QED) is 0.435. The van der Waals surface area contributed by atoms with Crippen LogP contribution < -0.4 is 37.2 Å². The molecule has 0 spiro atoms. The molecule has 2 aromatic carbocycles. The van der Waals surface area contributed by atoms with Crippen LogP contribution in [0.3, 0.4) is 0 Å². The third-order valence-corrected chi connectivity index (χ3v) is 5.97. The minimum atomic E-state index is 0. The van der Waals surface area contributed by atoms with E-state index in [1.807, 2.05) is 0 Å². The Morgan fingerprint density at radius 1 is 0.690 bits per heavy atom. The normalized spacial score (nSPS) is 13.1. The summed E-state index contributed by atoms with van der Waals surface area (Å²) >= 11 is 2.32. The van der Waals surface area contributed by atoms with Crippen LogP contribution in [0.2, 0.25) is 0 Å². The van der Waals surface area contributed by atoms with Gasteiger partial charge < -0.3 is 37.2 Å². The van der Waals surface area contributed by atoms with Crippen molar-refractivity contribution in [3.8, 4) is 0 Å². The minimum Gasteiger partial charge on any atom is -1.00 e. The molecule has 0 saturated heterocycles. The van der Waals surface area contributed by atoms with Crippen molar-refractivity contribution in [2.75, 3.05) is 0 Å². The maximum Gasteiger partial charge on any atom is -1.00 e. The number of aryl methyl sites for hydroxylation is 4. The van der Waals surface area contributed by atoms with E-state index in [1.165, 1.54) is 42.8 Å². The molecule has 0 saturated carbocycles. The molecule has 0 amide bonds. The molecule has 0 fully saturated rings. The molecule has 4 heteroatoms. The van der Waals surface area contributed by atoms with Crippen LogP contribution in [0.15, 0.2) is 57.5 Å². The van der Waals surface area contributed by atoms with Crippen molar-refractivity contribution in [1.29, 1.82) is 0 Å². The van der Waals surface area contributed by atoms with Gasteiger partial charge in [0.05, 0.1) is 0 Å². The summed E-state index contributed by atoms with van der Waals surface area (Å²) < 4.78 is 1.53. The second kappa shape index (κ2) is 11.8. The summed E-state index contributed by atoms with van der Waals surface area (Å²) in [6.45, 7) is 13.5. The topological polar surface area (TPSA) is 0 Å². The zero-order chi connectivity index (χ0) is 19.0. The van der Waals surface area contributed by atoms with E-state index in [9.17, 15) is 0 Å². The Kier molecular flexibility index (Phi) is 11.6. The first-order valence-electron chi connectivity index (χ1n) is 9.57. The predicted octanol–water partition coefficient (Wildman–Crippen LogP) is -2.15. The Bertz CT molecular complexity index is 818. The van der Waals surface area contributed by atoms with Crippen LogP contribution in [-0.2, 0) is 20.4 Å².